The van der Waals surface area contributed by atoms with E-state index in [-0.39, 0.29) is 12.1 Å². The van der Waals surface area contributed by atoms with Crippen molar-refractivity contribution in [2.75, 3.05) is 6.54 Å². The third-order valence-electron chi connectivity index (χ3n) is 2.92. The van der Waals surface area contributed by atoms with Crippen LogP contribution < -0.4 is 0 Å². The Bertz CT molecular complexity index is 400. The molecule has 0 aliphatic carbocycles. The van der Waals surface area contributed by atoms with Crippen LogP contribution >= 0.6 is 0 Å². The van der Waals surface area contributed by atoms with Crippen molar-refractivity contribution in [1.29, 1.82) is 0 Å². The number of hydrogen-bond donors (Lipinski definition) is 0. The minimum absolute atomic E-state index is 0.193. The number of nitrogens with zero attached hydrogens (tertiary/aromatic N) is 1. The van der Waals surface area contributed by atoms with Crippen LogP contribution in [0, 0.1) is 0 Å². The highest BCUT2D eigenvalue weighted by Crippen LogP contribution is 2.14. The van der Waals surface area contributed by atoms with Crippen molar-refractivity contribution in [2.24, 2.45) is 0 Å². The molecule has 0 fully saturated rings. The van der Waals surface area contributed by atoms with Crippen LogP contribution in [0.5, 0.6) is 0 Å². The molecule has 0 bridgehead atoms. The monoisotopic (exact) mass is 231 g/mol. The van der Waals surface area contributed by atoms with E-state index in [0.717, 1.165) is 12.0 Å². The Balaban J connectivity index is 1.86. The Morgan fingerprint density at radius 3 is 2.88 bits per heavy atom. The molecule has 3 heteroatoms. The first-order valence-corrected chi connectivity index (χ1v) is 5.95. The van der Waals surface area contributed by atoms with Crippen molar-refractivity contribution in [3.63, 3.8) is 0 Å². The van der Waals surface area contributed by atoms with Crippen LogP contribution in [0.2, 0.25) is 0 Å². The lowest BCUT2D eigenvalue weighted by Gasteiger charge is -2.22. The van der Waals surface area contributed by atoms with E-state index in [1.54, 1.807) is 4.90 Å². The van der Waals surface area contributed by atoms with E-state index in [9.17, 15) is 4.79 Å². The van der Waals surface area contributed by atoms with Crippen LogP contribution in [0.1, 0.15) is 18.9 Å². The van der Waals surface area contributed by atoms with E-state index < -0.39 is 0 Å². The van der Waals surface area contributed by atoms with Crippen LogP contribution in [0.3, 0.4) is 0 Å². The molecular formula is C14H17NO2. The van der Waals surface area contributed by atoms with Gasteiger partial charge in [-0.2, -0.15) is 0 Å². The van der Waals surface area contributed by atoms with Crippen LogP contribution in [0.4, 0.5) is 4.79 Å². The van der Waals surface area contributed by atoms with Crippen LogP contribution in [-0.2, 0) is 11.3 Å². The summed E-state index contributed by atoms with van der Waals surface area (Å²) in [5.74, 6) is 0. The lowest BCUT2D eigenvalue weighted by molar-refractivity contribution is 0.0945. The predicted molar refractivity (Wildman–Crippen MR) is 66.6 cm³/mol. The van der Waals surface area contributed by atoms with Gasteiger partial charge in [0.1, 0.15) is 6.61 Å². The number of carbonyl (C=O) groups is 1. The minimum atomic E-state index is -0.231. The third-order valence-corrected chi connectivity index (χ3v) is 2.92. The smallest absolute Gasteiger partial charge is 0.410 e. The molecule has 3 nitrogen and oxygen atoms in total. The lowest BCUT2D eigenvalue weighted by atomic mass is 10.2. The molecule has 1 aliphatic rings. The van der Waals surface area contributed by atoms with Gasteiger partial charge in [0.05, 0.1) is 6.04 Å². The van der Waals surface area contributed by atoms with Crippen molar-refractivity contribution in [1.82, 2.24) is 4.90 Å². The van der Waals surface area contributed by atoms with Crippen molar-refractivity contribution in [3.05, 3.63) is 48.0 Å². The zero-order valence-electron chi connectivity index (χ0n) is 10.0. The van der Waals surface area contributed by atoms with Gasteiger partial charge in [-0.3, -0.25) is 4.90 Å². The van der Waals surface area contributed by atoms with Gasteiger partial charge in [-0.15, -0.1) is 0 Å². The second-order valence-electron chi connectivity index (χ2n) is 4.10. The Hall–Kier alpha value is -1.77. The molecule has 1 amide bonds. The standard InChI is InChI=1S/C14H17NO2/c1-2-13-9-6-10-15(13)14(16)17-11-12-7-4-3-5-8-12/h3-9,13H,2,10-11H2,1H3/t13-/m0/s1. The summed E-state index contributed by atoms with van der Waals surface area (Å²) in [6.07, 6.45) is 4.77. The Morgan fingerprint density at radius 1 is 1.41 bits per heavy atom. The molecular weight excluding hydrogens is 214 g/mol. The molecule has 1 aromatic carbocycles. The molecule has 1 atom stereocenters. The molecule has 0 N–H and O–H groups in total. The van der Waals surface area contributed by atoms with Gasteiger partial charge in [0.2, 0.25) is 0 Å². The van der Waals surface area contributed by atoms with Crippen LogP contribution in [-0.4, -0.2) is 23.6 Å². The van der Waals surface area contributed by atoms with Crippen LogP contribution in [0.25, 0.3) is 0 Å². The van der Waals surface area contributed by atoms with Gasteiger partial charge in [-0.05, 0) is 12.0 Å². The highest BCUT2D eigenvalue weighted by molar-refractivity contribution is 5.69. The van der Waals surface area contributed by atoms with Gasteiger partial charge in [0.15, 0.2) is 0 Å². The molecule has 0 unspecified atom stereocenters. The zero-order valence-corrected chi connectivity index (χ0v) is 10.0. The molecule has 1 heterocycles. The molecule has 2 rings (SSSR count). The normalized spacial score (nSPS) is 18.4. The van der Waals surface area contributed by atoms with E-state index in [2.05, 4.69) is 13.0 Å². The third kappa shape index (κ3) is 2.87. The molecule has 0 spiro atoms. The molecule has 0 saturated carbocycles. The number of carbonyl (C=O) groups excluding carboxylic acids is 1. The first-order chi connectivity index (χ1) is 8.31. The Labute approximate surface area is 102 Å². The van der Waals surface area contributed by atoms with Gasteiger partial charge < -0.3 is 4.74 Å². The van der Waals surface area contributed by atoms with Crippen molar-refractivity contribution >= 4 is 6.09 Å². The molecule has 1 aromatic rings. The maximum atomic E-state index is 11.9. The number of benzene rings is 1. The summed E-state index contributed by atoms with van der Waals surface area (Å²) in [6.45, 7) is 3.07. The van der Waals surface area contributed by atoms with Crippen LogP contribution in [0.15, 0.2) is 42.5 Å². The van der Waals surface area contributed by atoms with E-state index >= 15 is 0 Å². The quantitative estimate of drug-likeness (QED) is 0.748. The summed E-state index contributed by atoms with van der Waals surface area (Å²) < 4.78 is 5.29. The lowest BCUT2D eigenvalue weighted by Crippen LogP contribution is -2.36. The van der Waals surface area contributed by atoms with Gasteiger partial charge in [0, 0.05) is 6.54 Å². The number of ether oxygens (including phenoxy) is 1. The molecule has 1 aliphatic heterocycles. The SMILES string of the molecule is CC[C@H]1C=CCN1C(=O)OCc1ccccc1. The fourth-order valence-electron chi connectivity index (χ4n) is 1.94. The first-order valence-electron chi connectivity index (χ1n) is 5.95. The molecule has 0 aromatic heterocycles. The summed E-state index contributed by atoms with van der Waals surface area (Å²) in [5, 5.41) is 0. The largest absolute Gasteiger partial charge is 0.445 e. The van der Waals surface area contributed by atoms with E-state index in [1.165, 1.54) is 0 Å². The van der Waals surface area contributed by atoms with E-state index in [1.807, 2.05) is 36.4 Å². The average molecular weight is 231 g/mol. The zero-order chi connectivity index (χ0) is 12.1. The molecule has 0 saturated heterocycles. The Morgan fingerprint density at radius 2 is 2.18 bits per heavy atom. The second-order valence-corrected chi connectivity index (χ2v) is 4.10. The summed E-state index contributed by atoms with van der Waals surface area (Å²) >= 11 is 0. The van der Waals surface area contributed by atoms with Gasteiger partial charge in [-0.1, -0.05) is 49.4 Å². The summed E-state index contributed by atoms with van der Waals surface area (Å²) in [6, 6.07) is 9.92. The maximum absolute atomic E-state index is 11.9. The molecule has 17 heavy (non-hydrogen) atoms. The van der Waals surface area contributed by atoms with Gasteiger partial charge in [-0.25, -0.2) is 4.79 Å². The van der Waals surface area contributed by atoms with E-state index in [4.69, 9.17) is 4.74 Å². The fourth-order valence-corrected chi connectivity index (χ4v) is 1.94. The first kappa shape index (κ1) is 11.7. The summed E-state index contributed by atoms with van der Waals surface area (Å²) in [5.41, 5.74) is 1.01. The summed E-state index contributed by atoms with van der Waals surface area (Å²) in [7, 11) is 0. The number of rotatable bonds is 3. The van der Waals surface area contributed by atoms with Gasteiger partial charge in [0.25, 0.3) is 0 Å². The predicted octanol–water partition coefficient (Wildman–Crippen LogP) is 2.97. The second kappa shape index (κ2) is 5.53. The molecule has 0 radical (unpaired) electrons. The van der Waals surface area contributed by atoms with Crippen molar-refractivity contribution in [2.45, 2.75) is 26.0 Å². The number of hydrogen-bond acceptors (Lipinski definition) is 2. The summed E-state index contributed by atoms with van der Waals surface area (Å²) in [4.78, 5) is 13.6. The number of amides is 1. The highest BCUT2D eigenvalue weighted by Gasteiger charge is 2.24. The topological polar surface area (TPSA) is 29.5 Å². The van der Waals surface area contributed by atoms with Crippen molar-refractivity contribution in [3.8, 4) is 0 Å². The highest BCUT2D eigenvalue weighted by atomic mass is 16.6. The van der Waals surface area contributed by atoms with E-state index in [0.29, 0.717) is 13.2 Å². The average Bonchev–Trinajstić information content (AvgIpc) is 2.85. The minimum Gasteiger partial charge on any atom is -0.445 e. The maximum Gasteiger partial charge on any atom is 0.410 e. The van der Waals surface area contributed by atoms with Gasteiger partial charge >= 0.3 is 6.09 Å². The Kier molecular flexibility index (Phi) is 3.81. The van der Waals surface area contributed by atoms with Crippen molar-refractivity contribution < 1.29 is 9.53 Å². The fraction of sp³-hybridized carbons (Fsp3) is 0.357. The molecule has 90 valence electrons.